The molecule has 0 bridgehead atoms. The van der Waals surface area contributed by atoms with E-state index in [0.717, 1.165) is 31.7 Å². The van der Waals surface area contributed by atoms with Crippen LogP contribution in [0.5, 0.6) is 0 Å². The minimum Gasteiger partial charge on any atom is -0.409 e. The van der Waals surface area contributed by atoms with Gasteiger partial charge < -0.3 is 16.3 Å². The van der Waals surface area contributed by atoms with Crippen LogP contribution in [-0.2, 0) is 0 Å². The van der Waals surface area contributed by atoms with Crippen LogP contribution in [0.25, 0.3) is 0 Å². The summed E-state index contributed by atoms with van der Waals surface area (Å²) in [5.74, 6) is 1.07. The van der Waals surface area contributed by atoms with Crippen molar-refractivity contribution in [1.82, 2.24) is 5.32 Å². The normalized spacial score (nSPS) is 15.1. The van der Waals surface area contributed by atoms with E-state index >= 15 is 0 Å². The molecule has 0 aromatic heterocycles. The Balaban J connectivity index is 3.69. The fraction of sp³-hybridized carbons (Fsp3) is 0.929. The maximum absolute atomic E-state index is 8.68. The minimum atomic E-state index is -0.210. The molecule has 1 atom stereocenters. The van der Waals surface area contributed by atoms with Crippen LogP contribution in [0.15, 0.2) is 5.16 Å². The summed E-state index contributed by atoms with van der Waals surface area (Å²) in [6.07, 6.45) is 4.38. The zero-order chi connectivity index (χ0) is 14.2. The molecule has 0 heterocycles. The van der Waals surface area contributed by atoms with Crippen molar-refractivity contribution in [2.24, 2.45) is 22.2 Å². The van der Waals surface area contributed by atoms with Gasteiger partial charge in [-0.3, -0.25) is 0 Å². The first-order chi connectivity index (χ1) is 8.29. The van der Waals surface area contributed by atoms with E-state index in [1.807, 2.05) is 13.8 Å². The first-order valence-electron chi connectivity index (χ1n) is 7.01. The highest BCUT2D eigenvalue weighted by Crippen LogP contribution is 2.23. The van der Waals surface area contributed by atoms with Crippen molar-refractivity contribution in [2.45, 2.75) is 66.3 Å². The molecule has 0 spiro atoms. The van der Waals surface area contributed by atoms with Crippen LogP contribution in [0.4, 0.5) is 0 Å². The number of nitrogens with zero attached hydrogens (tertiary/aromatic N) is 1. The average Bonchev–Trinajstić information content (AvgIpc) is 2.26. The quantitative estimate of drug-likeness (QED) is 0.195. The zero-order valence-electron chi connectivity index (χ0n) is 12.7. The zero-order valence-corrected chi connectivity index (χ0v) is 12.7. The Labute approximate surface area is 112 Å². The van der Waals surface area contributed by atoms with Gasteiger partial charge in [0.25, 0.3) is 0 Å². The van der Waals surface area contributed by atoms with E-state index in [0.29, 0.717) is 11.9 Å². The summed E-state index contributed by atoms with van der Waals surface area (Å²) in [6.45, 7) is 11.8. The molecule has 0 aliphatic rings. The molecule has 0 saturated carbocycles. The Hall–Kier alpha value is -0.770. The maximum Gasteiger partial charge on any atom is 0.144 e. The molecule has 108 valence electrons. The number of amidine groups is 1. The molecule has 0 radical (unpaired) electrons. The van der Waals surface area contributed by atoms with Gasteiger partial charge in [-0.05, 0) is 38.6 Å². The van der Waals surface area contributed by atoms with Gasteiger partial charge in [0.05, 0.1) is 0 Å². The van der Waals surface area contributed by atoms with Crippen molar-refractivity contribution in [3.8, 4) is 0 Å². The lowest BCUT2D eigenvalue weighted by Crippen LogP contribution is -2.32. The fourth-order valence-corrected chi connectivity index (χ4v) is 2.09. The number of nitrogens with one attached hydrogen (secondary N) is 1. The van der Waals surface area contributed by atoms with Gasteiger partial charge in [0.15, 0.2) is 0 Å². The molecule has 0 rings (SSSR count). The smallest absolute Gasteiger partial charge is 0.144 e. The van der Waals surface area contributed by atoms with E-state index in [2.05, 4.69) is 31.2 Å². The molecule has 1 unspecified atom stereocenters. The Bertz CT molecular complexity index is 249. The molecule has 18 heavy (non-hydrogen) atoms. The third-order valence-corrected chi connectivity index (χ3v) is 3.35. The van der Waals surface area contributed by atoms with Gasteiger partial charge in [-0.2, -0.15) is 0 Å². The summed E-state index contributed by atoms with van der Waals surface area (Å²) in [5.41, 5.74) is 5.44. The lowest BCUT2D eigenvalue weighted by Gasteiger charge is -2.23. The lowest BCUT2D eigenvalue weighted by atomic mass is 9.86. The second-order valence-electron chi connectivity index (χ2n) is 6.31. The molecule has 0 amide bonds. The standard InChI is InChI=1S/C14H31N3O/c1-11(2)10-12(3)16-9-7-6-8-14(4,5)13(15)17-18/h11-12,16,18H,6-10H2,1-5H3,(H2,15,17). The van der Waals surface area contributed by atoms with Crippen molar-refractivity contribution in [3.63, 3.8) is 0 Å². The second kappa shape index (κ2) is 8.35. The van der Waals surface area contributed by atoms with E-state index in [4.69, 9.17) is 10.9 Å². The van der Waals surface area contributed by atoms with E-state index in [1.165, 1.54) is 6.42 Å². The summed E-state index contributed by atoms with van der Waals surface area (Å²) in [6, 6.07) is 0.585. The summed E-state index contributed by atoms with van der Waals surface area (Å²) >= 11 is 0. The summed E-state index contributed by atoms with van der Waals surface area (Å²) < 4.78 is 0. The molecular weight excluding hydrogens is 226 g/mol. The van der Waals surface area contributed by atoms with Gasteiger partial charge >= 0.3 is 0 Å². The van der Waals surface area contributed by atoms with Gasteiger partial charge in [0, 0.05) is 11.5 Å². The van der Waals surface area contributed by atoms with Crippen LogP contribution in [-0.4, -0.2) is 23.6 Å². The van der Waals surface area contributed by atoms with Crippen LogP contribution in [0.3, 0.4) is 0 Å². The largest absolute Gasteiger partial charge is 0.409 e. The van der Waals surface area contributed by atoms with Crippen LogP contribution in [0, 0.1) is 11.3 Å². The van der Waals surface area contributed by atoms with Crippen molar-refractivity contribution >= 4 is 5.84 Å². The third kappa shape index (κ3) is 7.54. The third-order valence-electron chi connectivity index (χ3n) is 3.35. The Morgan fingerprint density at radius 1 is 1.28 bits per heavy atom. The van der Waals surface area contributed by atoms with Crippen molar-refractivity contribution < 1.29 is 5.21 Å². The van der Waals surface area contributed by atoms with E-state index in [1.54, 1.807) is 0 Å². The lowest BCUT2D eigenvalue weighted by molar-refractivity contribution is 0.304. The number of hydrogen-bond donors (Lipinski definition) is 3. The van der Waals surface area contributed by atoms with Gasteiger partial charge in [-0.25, -0.2) is 0 Å². The predicted octanol–water partition coefficient (Wildman–Crippen LogP) is 2.95. The number of oxime groups is 1. The Morgan fingerprint density at radius 3 is 2.39 bits per heavy atom. The maximum atomic E-state index is 8.68. The van der Waals surface area contributed by atoms with Crippen LogP contribution >= 0.6 is 0 Å². The molecule has 0 aliphatic heterocycles. The van der Waals surface area contributed by atoms with E-state index < -0.39 is 0 Å². The highest BCUT2D eigenvalue weighted by atomic mass is 16.4. The molecule has 0 aromatic rings. The molecule has 4 heteroatoms. The number of unbranched alkanes of at least 4 members (excludes halogenated alkanes) is 1. The molecule has 4 N–H and O–H groups in total. The molecule has 0 fully saturated rings. The number of rotatable bonds is 9. The highest BCUT2D eigenvalue weighted by molar-refractivity contribution is 5.85. The van der Waals surface area contributed by atoms with E-state index in [9.17, 15) is 0 Å². The molecule has 0 saturated heterocycles. The van der Waals surface area contributed by atoms with Crippen molar-refractivity contribution in [2.75, 3.05) is 6.54 Å². The summed E-state index contributed by atoms with van der Waals surface area (Å²) in [7, 11) is 0. The second-order valence-corrected chi connectivity index (χ2v) is 6.31. The van der Waals surface area contributed by atoms with Gasteiger partial charge in [-0.15, -0.1) is 0 Å². The van der Waals surface area contributed by atoms with Crippen molar-refractivity contribution in [1.29, 1.82) is 0 Å². The van der Waals surface area contributed by atoms with E-state index in [-0.39, 0.29) is 5.41 Å². The number of nitrogens with two attached hydrogens (primary N) is 1. The van der Waals surface area contributed by atoms with Gasteiger partial charge in [0.2, 0.25) is 0 Å². The highest BCUT2D eigenvalue weighted by Gasteiger charge is 2.22. The minimum absolute atomic E-state index is 0.210. The average molecular weight is 257 g/mol. The molecule has 4 nitrogen and oxygen atoms in total. The van der Waals surface area contributed by atoms with Crippen LogP contribution in [0.1, 0.15) is 60.3 Å². The van der Waals surface area contributed by atoms with Gasteiger partial charge in [-0.1, -0.05) is 39.3 Å². The first kappa shape index (κ1) is 17.2. The van der Waals surface area contributed by atoms with Gasteiger partial charge in [0.1, 0.15) is 5.84 Å². The number of hydrogen-bond acceptors (Lipinski definition) is 3. The monoisotopic (exact) mass is 257 g/mol. The summed E-state index contributed by atoms with van der Waals surface area (Å²) in [5, 5.41) is 15.3. The SMILES string of the molecule is CC(C)CC(C)NCCCCC(C)(C)C(N)=NO. The molecular formula is C14H31N3O. The molecule has 0 aliphatic carbocycles. The topological polar surface area (TPSA) is 70.6 Å². The van der Waals surface area contributed by atoms with Crippen LogP contribution in [0.2, 0.25) is 0 Å². The Morgan fingerprint density at radius 2 is 1.89 bits per heavy atom. The summed E-state index contributed by atoms with van der Waals surface area (Å²) in [4.78, 5) is 0. The van der Waals surface area contributed by atoms with Crippen molar-refractivity contribution in [3.05, 3.63) is 0 Å². The fourth-order valence-electron chi connectivity index (χ4n) is 2.09. The first-order valence-corrected chi connectivity index (χ1v) is 7.01. The van der Waals surface area contributed by atoms with Crippen LogP contribution < -0.4 is 11.1 Å². The Kier molecular flexibility index (Phi) is 8.00. The predicted molar refractivity (Wildman–Crippen MR) is 78.0 cm³/mol. The molecule has 0 aromatic carbocycles.